The van der Waals surface area contributed by atoms with E-state index in [4.69, 9.17) is 9.84 Å². The lowest BCUT2D eigenvalue weighted by molar-refractivity contribution is -0.139. The van der Waals surface area contributed by atoms with Crippen molar-refractivity contribution in [2.75, 3.05) is 6.54 Å². The number of aliphatic carboxylic acids is 1. The first-order valence-corrected chi connectivity index (χ1v) is 15.8. The number of carbonyl (C=O) groups is 2. The summed E-state index contributed by atoms with van der Waals surface area (Å²) in [4.78, 5) is 25.7. The van der Waals surface area contributed by atoms with Crippen LogP contribution in [0.2, 0.25) is 0 Å². The van der Waals surface area contributed by atoms with Gasteiger partial charge < -0.3 is 15.2 Å². The van der Waals surface area contributed by atoms with Gasteiger partial charge in [-0.3, -0.25) is 9.59 Å². The van der Waals surface area contributed by atoms with Gasteiger partial charge >= 0.3 is 5.97 Å². The highest BCUT2D eigenvalue weighted by Crippen LogP contribution is 2.48. The molecule has 216 valence electrons. The lowest BCUT2D eigenvalue weighted by atomic mass is 9.89. The summed E-state index contributed by atoms with van der Waals surface area (Å²) < 4.78 is 8.93. The second-order valence-corrected chi connectivity index (χ2v) is 12.5. The Morgan fingerprint density at radius 3 is 2.19 bits per heavy atom. The third-order valence-electron chi connectivity index (χ3n) is 7.79. The Balaban J connectivity index is 1.66. The minimum atomic E-state index is -1.10. The maximum Gasteiger partial charge on any atom is 0.322 e. The van der Waals surface area contributed by atoms with E-state index in [0.717, 1.165) is 26.7 Å². The van der Waals surface area contributed by atoms with E-state index in [1.165, 1.54) is 36.9 Å². The summed E-state index contributed by atoms with van der Waals surface area (Å²) in [5.41, 5.74) is 6.58. The Kier molecular flexibility index (Phi) is 8.99. The molecule has 0 aliphatic heterocycles. The molecule has 2 N–H and O–H groups in total. The van der Waals surface area contributed by atoms with Gasteiger partial charge in [0.2, 0.25) is 0 Å². The number of carbonyl (C=O) groups excluding carboxylic acids is 1. The minimum Gasteiger partial charge on any atom is -0.480 e. The Labute approximate surface area is 258 Å². The number of nitrogens with one attached hydrogen (secondary N) is 1. The fourth-order valence-corrected chi connectivity index (χ4v) is 7.45. The van der Waals surface area contributed by atoms with E-state index < -0.39 is 24.5 Å². The molecule has 1 atom stereocenters. The van der Waals surface area contributed by atoms with Gasteiger partial charge in [0.15, 0.2) is 6.10 Å². The van der Waals surface area contributed by atoms with Crippen molar-refractivity contribution < 1.29 is 19.4 Å². The molecule has 1 aromatic heterocycles. The highest BCUT2D eigenvalue weighted by Gasteiger charge is 2.26. The minimum absolute atomic E-state index is 0.325. The molecule has 4 aromatic carbocycles. The summed E-state index contributed by atoms with van der Waals surface area (Å²) >= 11 is 5.72. The van der Waals surface area contributed by atoms with Crippen molar-refractivity contribution in [2.24, 2.45) is 0 Å². The van der Waals surface area contributed by atoms with Crippen LogP contribution in [-0.2, 0) is 28.9 Å². The Hall–Kier alpha value is -3.68. The number of benzene rings is 4. The van der Waals surface area contributed by atoms with Crippen LogP contribution in [0.4, 0.5) is 0 Å². The van der Waals surface area contributed by atoms with Crippen molar-refractivity contribution in [1.29, 1.82) is 0 Å². The number of halogens is 1. The quantitative estimate of drug-likeness (QED) is 0.160. The maximum atomic E-state index is 13.2. The number of hydrogen-bond acceptors (Lipinski definition) is 4. The van der Waals surface area contributed by atoms with E-state index in [2.05, 4.69) is 85.3 Å². The molecular formula is C35H34BrNO4S. The number of amides is 1. The average Bonchev–Trinajstić information content (AvgIpc) is 3.30. The van der Waals surface area contributed by atoms with Crippen LogP contribution in [0.5, 0.6) is 5.75 Å². The van der Waals surface area contributed by atoms with Crippen molar-refractivity contribution in [1.82, 2.24) is 5.32 Å². The normalized spacial score (nSPS) is 12.0. The van der Waals surface area contributed by atoms with Crippen LogP contribution in [0.25, 0.3) is 32.0 Å². The Morgan fingerprint density at radius 2 is 1.57 bits per heavy atom. The first-order chi connectivity index (χ1) is 20.2. The summed E-state index contributed by atoms with van der Waals surface area (Å²) in [6.07, 6.45) is 0.871. The molecule has 0 radical (unpaired) electrons. The molecule has 5 nitrogen and oxygen atoms in total. The van der Waals surface area contributed by atoms with E-state index in [1.54, 1.807) is 0 Å². The van der Waals surface area contributed by atoms with E-state index in [0.29, 0.717) is 25.0 Å². The Morgan fingerprint density at radius 1 is 0.952 bits per heavy atom. The third-order valence-corrected chi connectivity index (χ3v) is 10.1. The summed E-state index contributed by atoms with van der Waals surface area (Å²) in [6, 6.07) is 22.6. The predicted molar refractivity (Wildman–Crippen MR) is 176 cm³/mol. The number of fused-ring (bicyclic) bond motifs is 2. The molecular weight excluding hydrogens is 610 g/mol. The van der Waals surface area contributed by atoms with Crippen molar-refractivity contribution in [2.45, 2.75) is 53.1 Å². The van der Waals surface area contributed by atoms with Gasteiger partial charge in [-0.25, -0.2) is 0 Å². The number of aryl methyl sites for hydroxylation is 4. The largest absolute Gasteiger partial charge is 0.480 e. The molecule has 1 unspecified atom stereocenters. The third kappa shape index (κ3) is 5.81. The molecule has 0 saturated heterocycles. The lowest BCUT2D eigenvalue weighted by Gasteiger charge is -2.24. The van der Waals surface area contributed by atoms with Gasteiger partial charge in [-0.05, 0) is 98.9 Å². The van der Waals surface area contributed by atoms with Gasteiger partial charge in [-0.15, -0.1) is 11.3 Å². The van der Waals surface area contributed by atoms with Crippen molar-refractivity contribution in [3.8, 4) is 16.9 Å². The highest BCUT2D eigenvalue weighted by atomic mass is 79.9. The summed E-state index contributed by atoms with van der Waals surface area (Å²) in [5.74, 6) is -0.841. The number of rotatable bonds is 10. The topological polar surface area (TPSA) is 75.6 Å². The number of ether oxygens (including phenoxy) is 1. The zero-order chi connectivity index (χ0) is 30.0. The second-order valence-electron chi connectivity index (χ2n) is 10.5. The Bertz CT molecular complexity index is 1770. The smallest absolute Gasteiger partial charge is 0.322 e. The second kappa shape index (κ2) is 12.7. The highest BCUT2D eigenvalue weighted by molar-refractivity contribution is 9.11. The molecule has 1 amide bonds. The van der Waals surface area contributed by atoms with Crippen LogP contribution in [-0.4, -0.2) is 29.6 Å². The van der Waals surface area contributed by atoms with E-state index in [1.807, 2.05) is 41.7 Å². The van der Waals surface area contributed by atoms with E-state index >= 15 is 0 Å². The van der Waals surface area contributed by atoms with Gasteiger partial charge in [0.05, 0.1) is 4.70 Å². The average molecular weight is 645 g/mol. The van der Waals surface area contributed by atoms with Crippen LogP contribution in [0.3, 0.4) is 0 Å². The van der Waals surface area contributed by atoms with Crippen LogP contribution < -0.4 is 10.1 Å². The van der Waals surface area contributed by atoms with Crippen molar-refractivity contribution in [3.05, 3.63) is 98.3 Å². The molecule has 0 spiro atoms. The number of hydrogen-bond donors (Lipinski definition) is 2. The number of carboxylic acids is 1. The van der Waals surface area contributed by atoms with Gasteiger partial charge in [0, 0.05) is 21.2 Å². The standard InChI is InChI=1S/C35H34BrNO4S/c1-5-23-17-25(31-26-14-10-11-15-27(26)32(36)34-30(31)20(3)21(4)42-34)18-24(6-2)33(23)41-28(35(40)37-19-29(38)39)16-22-12-8-7-9-13-22/h7-15,17-18,28H,5-6,16,19H2,1-4H3,(H,37,40)(H,38,39). The molecule has 5 rings (SSSR count). The first-order valence-electron chi connectivity index (χ1n) is 14.2. The van der Waals surface area contributed by atoms with Crippen LogP contribution in [0.1, 0.15) is 41.0 Å². The van der Waals surface area contributed by atoms with Crippen molar-refractivity contribution in [3.63, 3.8) is 0 Å². The fourth-order valence-electron chi connectivity index (χ4n) is 5.54. The summed E-state index contributed by atoms with van der Waals surface area (Å²) in [5, 5.41) is 15.3. The summed E-state index contributed by atoms with van der Waals surface area (Å²) in [7, 11) is 0. The summed E-state index contributed by atoms with van der Waals surface area (Å²) in [6.45, 7) is 8.10. The zero-order valence-electron chi connectivity index (χ0n) is 24.2. The van der Waals surface area contributed by atoms with E-state index in [-0.39, 0.29) is 0 Å². The molecule has 0 bridgehead atoms. The molecule has 0 aliphatic rings. The van der Waals surface area contributed by atoms with Gasteiger partial charge in [0.25, 0.3) is 5.91 Å². The van der Waals surface area contributed by atoms with E-state index in [9.17, 15) is 9.59 Å². The molecule has 0 fully saturated rings. The molecule has 0 aliphatic carbocycles. The monoisotopic (exact) mass is 643 g/mol. The van der Waals surface area contributed by atoms with Gasteiger partial charge in [-0.1, -0.05) is 68.4 Å². The molecule has 5 aromatic rings. The SMILES string of the molecule is CCc1cc(-c2c3ccccc3c(Br)c3sc(C)c(C)c23)cc(CC)c1OC(Cc1ccccc1)C(=O)NCC(=O)O. The predicted octanol–water partition coefficient (Wildman–Crippen LogP) is 8.42. The lowest BCUT2D eigenvalue weighted by Crippen LogP contribution is -2.42. The molecule has 42 heavy (non-hydrogen) atoms. The zero-order valence-corrected chi connectivity index (χ0v) is 26.6. The fraction of sp³-hybridized carbons (Fsp3) is 0.257. The van der Waals surface area contributed by atoms with Gasteiger partial charge in [0.1, 0.15) is 12.3 Å². The molecule has 0 saturated carbocycles. The van der Waals surface area contributed by atoms with Crippen LogP contribution in [0, 0.1) is 13.8 Å². The van der Waals surface area contributed by atoms with Crippen molar-refractivity contribution >= 4 is 60.0 Å². The maximum absolute atomic E-state index is 13.2. The van der Waals surface area contributed by atoms with Crippen LogP contribution in [0.15, 0.2) is 71.2 Å². The number of thiophene rings is 1. The van der Waals surface area contributed by atoms with Gasteiger partial charge in [-0.2, -0.15) is 0 Å². The molecule has 7 heteroatoms. The van der Waals surface area contributed by atoms with Crippen LogP contribution >= 0.6 is 27.3 Å². The number of carboxylic acid groups (broad SMARTS) is 1. The first kappa shape index (κ1) is 29.8. The molecule has 1 heterocycles.